The van der Waals surface area contributed by atoms with Gasteiger partial charge in [-0.2, -0.15) is 0 Å². The number of nitrogens with two attached hydrogens (primary N) is 2. The molecule has 0 spiro atoms. The van der Waals surface area contributed by atoms with Crippen LogP contribution in [0, 0.1) is 0 Å². The zero-order chi connectivity index (χ0) is 10.6. The lowest BCUT2D eigenvalue weighted by atomic mass is 10.0. The number of primary amides is 1. The fourth-order valence-corrected chi connectivity index (χ4v) is 1.06. The van der Waals surface area contributed by atoms with Gasteiger partial charge in [-0.15, -0.1) is 0 Å². The molecule has 0 radical (unpaired) electrons. The van der Waals surface area contributed by atoms with E-state index in [0.717, 1.165) is 6.42 Å². The summed E-state index contributed by atoms with van der Waals surface area (Å²) in [6, 6.07) is 0.419. The Morgan fingerprint density at radius 2 is 2.08 bits per heavy atom. The zero-order valence-electron chi connectivity index (χ0n) is 9.00. The van der Waals surface area contributed by atoms with E-state index in [0.29, 0.717) is 12.6 Å². The Hall–Kier alpha value is -0.610. The quantitative estimate of drug-likeness (QED) is 0.632. The Morgan fingerprint density at radius 3 is 2.38 bits per heavy atom. The third kappa shape index (κ3) is 3.74. The molecule has 0 rings (SSSR count). The third-order valence-electron chi connectivity index (χ3n) is 2.48. The standard InChI is InChI=1S/C9H21N3O/c1-5-7(2)12(4)6-9(3,11)8(10)13/h7H,5-6,11H2,1-4H3,(H2,10,13). The number of likely N-dealkylation sites (N-methyl/N-ethyl adjacent to an activating group) is 1. The lowest BCUT2D eigenvalue weighted by molar-refractivity contribution is -0.123. The van der Waals surface area contributed by atoms with E-state index in [9.17, 15) is 4.79 Å². The summed E-state index contributed by atoms with van der Waals surface area (Å²) in [5.74, 6) is -0.456. The average Bonchev–Trinajstić information content (AvgIpc) is 2.01. The average molecular weight is 187 g/mol. The van der Waals surface area contributed by atoms with Gasteiger partial charge < -0.3 is 16.4 Å². The van der Waals surface area contributed by atoms with Crippen molar-refractivity contribution in [2.75, 3.05) is 13.6 Å². The highest BCUT2D eigenvalue weighted by Gasteiger charge is 2.28. The Labute approximate surface area is 80.3 Å². The van der Waals surface area contributed by atoms with Gasteiger partial charge in [0.25, 0.3) is 0 Å². The van der Waals surface area contributed by atoms with Crippen molar-refractivity contribution >= 4 is 5.91 Å². The molecule has 0 fully saturated rings. The van der Waals surface area contributed by atoms with E-state index in [1.165, 1.54) is 0 Å². The SMILES string of the molecule is CCC(C)N(C)CC(C)(N)C(N)=O. The Bertz CT molecular complexity index is 180. The molecule has 4 N–H and O–H groups in total. The van der Waals surface area contributed by atoms with Crippen LogP contribution in [-0.4, -0.2) is 36.0 Å². The molecule has 4 heteroatoms. The molecule has 13 heavy (non-hydrogen) atoms. The van der Waals surface area contributed by atoms with Gasteiger partial charge >= 0.3 is 0 Å². The fourth-order valence-electron chi connectivity index (χ4n) is 1.06. The number of hydrogen-bond donors (Lipinski definition) is 2. The molecule has 2 atom stereocenters. The van der Waals surface area contributed by atoms with Gasteiger partial charge in [-0.1, -0.05) is 6.92 Å². The van der Waals surface area contributed by atoms with Crippen LogP contribution in [0.5, 0.6) is 0 Å². The Morgan fingerprint density at radius 1 is 1.62 bits per heavy atom. The molecule has 0 bridgehead atoms. The summed E-state index contributed by atoms with van der Waals surface area (Å²) < 4.78 is 0. The van der Waals surface area contributed by atoms with Crippen molar-refractivity contribution in [2.45, 2.75) is 38.8 Å². The molecule has 0 aromatic carbocycles. The monoisotopic (exact) mass is 187 g/mol. The summed E-state index contributed by atoms with van der Waals surface area (Å²) in [6.45, 7) is 6.35. The van der Waals surface area contributed by atoms with Crippen molar-refractivity contribution in [2.24, 2.45) is 11.5 Å². The number of carbonyl (C=O) groups excluding carboxylic acids is 1. The molecule has 0 saturated heterocycles. The minimum absolute atomic E-state index is 0.419. The van der Waals surface area contributed by atoms with Crippen molar-refractivity contribution in [1.82, 2.24) is 4.90 Å². The van der Waals surface area contributed by atoms with E-state index in [2.05, 4.69) is 13.8 Å². The van der Waals surface area contributed by atoms with E-state index in [1.54, 1.807) is 6.92 Å². The molecule has 0 heterocycles. The smallest absolute Gasteiger partial charge is 0.238 e. The van der Waals surface area contributed by atoms with Gasteiger partial charge in [0.1, 0.15) is 5.54 Å². The third-order valence-corrected chi connectivity index (χ3v) is 2.48. The number of rotatable bonds is 5. The molecule has 78 valence electrons. The van der Waals surface area contributed by atoms with Gasteiger partial charge in [0.05, 0.1) is 0 Å². The lowest BCUT2D eigenvalue weighted by Gasteiger charge is -2.31. The molecule has 1 amide bonds. The molecule has 4 nitrogen and oxygen atoms in total. The fraction of sp³-hybridized carbons (Fsp3) is 0.889. The van der Waals surface area contributed by atoms with Crippen molar-refractivity contribution in [3.05, 3.63) is 0 Å². The highest BCUT2D eigenvalue weighted by molar-refractivity contribution is 5.84. The van der Waals surface area contributed by atoms with E-state index in [-0.39, 0.29) is 0 Å². The molecule has 0 aliphatic carbocycles. The summed E-state index contributed by atoms with van der Waals surface area (Å²) in [5.41, 5.74) is 9.97. The summed E-state index contributed by atoms with van der Waals surface area (Å²) in [7, 11) is 1.95. The van der Waals surface area contributed by atoms with Gasteiger partial charge in [0.2, 0.25) is 5.91 Å². The maximum Gasteiger partial charge on any atom is 0.238 e. The van der Waals surface area contributed by atoms with Gasteiger partial charge in [0.15, 0.2) is 0 Å². The largest absolute Gasteiger partial charge is 0.368 e. The van der Waals surface area contributed by atoms with Crippen LogP contribution >= 0.6 is 0 Å². The van der Waals surface area contributed by atoms with Crippen LogP contribution in [-0.2, 0) is 4.79 Å². The van der Waals surface area contributed by atoms with Gasteiger partial charge in [-0.05, 0) is 27.3 Å². The number of nitrogens with zero attached hydrogens (tertiary/aromatic N) is 1. The topological polar surface area (TPSA) is 72.3 Å². The van der Waals surface area contributed by atoms with E-state index >= 15 is 0 Å². The predicted octanol–water partition coefficient (Wildman–Crippen LogP) is -0.0806. The molecule has 0 aliphatic heterocycles. The molecule has 0 aliphatic rings. The first-order valence-electron chi connectivity index (χ1n) is 4.60. The highest BCUT2D eigenvalue weighted by Crippen LogP contribution is 2.06. The molecule has 2 unspecified atom stereocenters. The summed E-state index contributed by atoms with van der Waals surface area (Å²) >= 11 is 0. The van der Waals surface area contributed by atoms with Gasteiger partial charge in [0, 0.05) is 12.6 Å². The predicted molar refractivity (Wildman–Crippen MR) is 54.2 cm³/mol. The van der Waals surface area contributed by atoms with Crippen molar-refractivity contribution in [3.8, 4) is 0 Å². The lowest BCUT2D eigenvalue weighted by Crippen LogP contribution is -2.57. The van der Waals surface area contributed by atoms with Crippen molar-refractivity contribution < 1.29 is 4.79 Å². The summed E-state index contributed by atoms with van der Waals surface area (Å²) in [4.78, 5) is 13.0. The maximum absolute atomic E-state index is 10.9. The molecular formula is C9H21N3O. The Kier molecular flexibility index (Phi) is 4.36. The van der Waals surface area contributed by atoms with Gasteiger partial charge in [-0.3, -0.25) is 4.79 Å². The maximum atomic E-state index is 10.9. The summed E-state index contributed by atoms with van der Waals surface area (Å²) in [6.07, 6.45) is 1.03. The number of hydrogen-bond acceptors (Lipinski definition) is 3. The van der Waals surface area contributed by atoms with E-state index in [1.807, 2.05) is 11.9 Å². The second-order valence-corrected chi connectivity index (χ2v) is 3.95. The van der Waals surface area contributed by atoms with Crippen LogP contribution in [0.1, 0.15) is 27.2 Å². The van der Waals surface area contributed by atoms with Crippen LogP contribution in [0.15, 0.2) is 0 Å². The minimum Gasteiger partial charge on any atom is -0.368 e. The minimum atomic E-state index is -0.932. The highest BCUT2D eigenvalue weighted by atomic mass is 16.1. The molecular weight excluding hydrogens is 166 g/mol. The first-order valence-corrected chi connectivity index (χ1v) is 4.60. The summed E-state index contributed by atoms with van der Waals surface area (Å²) in [5, 5.41) is 0. The first kappa shape index (κ1) is 12.4. The number of carbonyl (C=O) groups is 1. The molecule has 0 aromatic heterocycles. The van der Waals surface area contributed by atoms with Crippen LogP contribution < -0.4 is 11.5 Å². The zero-order valence-corrected chi connectivity index (χ0v) is 9.00. The molecule has 0 aromatic rings. The second-order valence-electron chi connectivity index (χ2n) is 3.95. The van der Waals surface area contributed by atoms with Crippen LogP contribution in [0.4, 0.5) is 0 Å². The van der Waals surface area contributed by atoms with Crippen molar-refractivity contribution in [3.63, 3.8) is 0 Å². The first-order chi connectivity index (χ1) is 5.81. The Balaban J connectivity index is 4.19. The van der Waals surface area contributed by atoms with E-state index in [4.69, 9.17) is 11.5 Å². The second kappa shape index (κ2) is 4.58. The van der Waals surface area contributed by atoms with E-state index < -0.39 is 11.4 Å². The van der Waals surface area contributed by atoms with Gasteiger partial charge in [-0.25, -0.2) is 0 Å². The number of amides is 1. The molecule has 0 saturated carbocycles. The van der Waals surface area contributed by atoms with Crippen LogP contribution in [0.2, 0.25) is 0 Å². The normalized spacial score (nSPS) is 18.3. The van der Waals surface area contributed by atoms with Crippen LogP contribution in [0.25, 0.3) is 0 Å². The van der Waals surface area contributed by atoms with Crippen LogP contribution in [0.3, 0.4) is 0 Å². The van der Waals surface area contributed by atoms with Crippen molar-refractivity contribution in [1.29, 1.82) is 0 Å².